The topological polar surface area (TPSA) is 127 Å². The van der Waals surface area contributed by atoms with E-state index in [1.54, 1.807) is 0 Å². The second-order valence-electron chi connectivity index (χ2n) is 10.6. The number of unbranched alkanes of at least 4 members (excludes halogenated alkanes) is 2. The molecule has 0 heterocycles. The maximum Gasteiger partial charge on any atom is 0.303 e. The number of carbonyl (C=O) groups is 2. The third-order valence-electron chi connectivity index (χ3n) is 6.00. The molecule has 0 spiro atoms. The van der Waals surface area contributed by atoms with Crippen molar-refractivity contribution in [2.75, 3.05) is 13.1 Å². The summed E-state index contributed by atoms with van der Waals surface area (Å²) in [5.74, 6) is -1.43. The minimum absolute atomic E-state index is 0.258. The number of hydrogen-bond donors (Lipinski definition) is 4. The van der Waals surface area contributed by atoms with Crippen molar-refractivity contribution in [1.29, 1.82) is 0 Å². The van der Waals surface area contributed by atoms with Crippen LogP contribution < -0.4 is 11.5 Å². The summed E-state index contributed by atoms with van der Waals surface area (Å²) in [6.45, 7) is 5.48. The monoisotopic (exact) mass is 665 g/mol. The Morgan fingerprint density at radius 3 is 0.792 bits per heavy atom. The van der Waals surface area contributed by atoms with Crippen LogP contribution in [-0.4, -0.2) is 35.2 Å². The van der Waals surface area contributed by atoms with Crippen LogP contribution >= 0.6 is 0 Å². The first-order valence-corrected chi connectivity index (χ1v) is 17.8. The van der Waals surface area contributed by atoms with E-state index in [0.717, 1.165) is 89.9 Å². The Kier molecular flexibility index (Phi) is 48.3. The highest BCUT2D eigenvalue weighted by atomic mass is 16.4. The highest BCUT2D eigenvalue weighted by Gasteiger charge is 1.93. The first-order chi connectivity index (χ1) is 23.5. The zero-order chi connectivity index (χ0) is 36.0. The number of allylic oxidation sites excluding steroid dienone is 20. The quantitative estimate of drug-likeness (QED) is 0.0511. The highest BCUT2D eigenvalue weighted by molar-refractivity contribution is 5.66. The fraction of sp³-hybridized carbons (Fsp3) is 0.476. The second-order valence-corrected chi connectivity index (χ2v) is 10.6. The average Bonchev–Trinajstić information content (AvgIpc) is 3.07. The lowest BCUT2D eigenvalue weighted by Crippen LogP contribution is -2.11. The van der Waals surface area contributed by atoms with Gasteiger partial charge in [0.1, 0.15) is 0 Å². The standard InChI is InChI=1S/2C20H30O2.C2H8N2/c2*1-2-3-4-5-6-7-8-9-10-11-12-13-14-15-16-17-18-19-20(21)22;3-1-2-4/h2*3-4,6-7,9-10,12-13,15-16H,2,5,8,11,14,17-19H2,1H3,(H,21,22);1-4H2. The summed E-state index contributed by atoms with van der Waals surface area (Å²) in [7, 11) is 0. The van der Waals surface area contributed by atoms with Crippen LogP contribution in [0.5, 0.6) is 0 Å². The fourth-order valence-corrected chi connectivity index (χ4v) is 3.48. The lowest BCUT2D eigenvalue weighted by molar-refractivity contribution is -0.138. The van der Waals surface area contributed by atoms with Crippen LogP contribution in [0.3, 0.4) is 0 Å². The Morgan fingerprint density at radius 1 is 0.396 bits per heavy atom. The van der Waals surface area contributed by atoms with Gasteiger partial charge in [0.05, 0.1) is 0 Å². The lowest BCUT2D eigenvalue weighted by atomic mass is 10.2. The molecule has 0 bridgehead atoms. The van der Waals surface area contributed by atoms with E-state index >= 15 is 0 Å². The van der Waals surface area contributed by atoms with E-state index in [-0.39, 0.29) is 12.8 Å². The molecule has 0 saturated heterocycles. The van der Waals surface area contributed by atoms with Crippen molar-refractivity contribution >= 4 is 11.9 Å². The van der Waals surface area contributed by atoms with E-state index in [9.17, 15) is 9.59 Å². The normalized spacial score (nSPS) is 12.3. The molecule has 0 saturated carbocycles. The summed E-state index contributed by atoms with van der Waals surface area (Å²) < 4.78 is 0. The van der Waals surface area contributed by atoms with Crippen LogP contribution in [0.2, 0.25) is 0 Å². The van der Waals surface area contributed by atoms with Gasteiger partial charge >= 0.3 is 11.9 Å². The zero-order valence-corrected chi connectivity index (χ0v) is 30.1. The third kappa shape index (κ3) is 57.9. The maximum absolute atomic E-state index is 10.3. The van der Waals surface area contributed by atoms with Crippen LogP contribution in [0.15, 0.2) is 122 Å². The van der Waals surface area contributed by atoms with E-state index < -0.39 is 11.9 Å². The molecule has 0 rings (SSSR count). The summed E-state index contributed by atoms with van der Waals surface area (Å²) in [4.78, 5) is 20.6. The second kappa shape index (κ2) is 47.7. The summed E-state index contributed by atoms with van der Waals surface area (Å²) in [6.07, 6.45) is 56.9. The number of aliphatic carboxylic acids is 2. The molecule has 0 aliphatic carbocycles. The van der Waals surface area contributed by atoms with Gasteiger partial charge in [-0.25, -0.2) is 0 Å². The molecule has 0 aromatic rings. The van der Waals surface area contributed by atoms with Gasteiger partial charge in [-0.05, 0) is 89.9 Å². The van der Waals surface area contributed by atoms with Crippen LogP contribution in [-0.2, 0) is 9.59 Å². The van der Waals surface area contributed by atoms with Gasteiger partial charge in [-0.2, -0.15) is 0 Å². The Morgan fingerprint density at radius 2 is 0.604 bits per heavy atom. The van der Waals surface area contributed by atoms with E-state index in [0.29, 0.717) is 13.1 Å². The summed E-state index contributed by atoms with van der Waals surface area (Å²) in [5, 5.41) is 17.0. The minimum atomic E-state index is -0.715. The van der Waals surface area contributed by atoms with Gasteiger partial charge < -0.3 is 21.7 Å². The van der Waals surface area contributed by atoms with Gasteiger partial charge in [0, 0.05) is 25.9 Å². The molecule has 270 valence electrons. The van der Waals surface area contributed by atoms with Crippen LogP contribution in [0.4, 0.5) is 0 Å². The van der Waals surface area contributed by atoms with Crippen molar-refractivity contribution < 1.29 is 19.8 Å². The van der Waals surface area contributed by atoms with Gasteiger partial charge in [-0.1, -0.05) is 135 Å². The van der Waals surface area contributed by atoms with E-state index in [2.05, 4.69) is 135 Å². The molecule has 0 amide bonds. The van der Waals surface area contributed by atoms with Gasteiger partial charge in [0.25, 0.3) is 0 Å². The largest absolute Gasteiger partial charge is 0.481 e. The number of nitrogens with two attached hydrogens (primary N) is 2. The number of carboxylic acid groups (broad SMARTS) is 2. The van der Waals surface area contributed by atoms with Gasteiger partial charge in [0.2, 0.25) is 0 Å². The summed E-state index contributed by atoms with van der Waals surface area (Å²) >= 11 is 0. The molecular formula is C42H68N2O4. The van der Waals surface area contributed by atoms with Crippen molar-refractivity contribution in [1.82, 2.24) is 0 Å². The molecule has 0 radical (unpaired) electrons. The van der Waals surface area contributed by atoms with E-state index in [4.69, 9.17) is 21.7 Å². The number of carboxylic acids is 2. The number of hydrogen-bond acceptors (Lipinski definition) is 4. The average molecular weight is 665 g/mol. The van der Waals surface area contributed by atoms with E-state index in [1.165, 1.54) is 0 Å². The fourth-order valence-electron chi connectivity index (χ4n) is 3.48. The molecule has 0 unspecified atom stereocenters. The van der Waals surface area contributed by atoms with Crippen molar-refractivity contribution in [3.63, 3.8) is 0 Å². The molecule has 6 nitrogen and oxygen atoms in total. The van der Waals surface area contributed by atoms with Crippen LogP contribution in [0.1, 0.15) is 117 Å². The van der Waals surface area contributed by atoms with E-state index in [1.807, 2.05) is 0 Å². The third-order valence-corrected chi connectivity index (χ3v) is 6.00. The molecule has 6 heteroatoms. The Bertz CT molecular complexity index is 915. The molecule has 6 N–H and O–H groups in total. The zero-order valence-electron chi connectivity index (χ0n) is 30.1. The maximum atomic E-state index is 10.3. The van der Waals surface area contributed by atoms with Crippen LogP contribution in [0.25, 0.3) is 0 Å². The predicted octanol–water partition coefficient (Wildman–Crippen LogP) is 10.9. The molecule has 0 aliphatic rings. The first kappa shape index (κ1) is 48.7. The molecule has 0 aromatic carbocycles. The Labute approximate surface area is 293 Å². The van der Waals surface area contributed by atoms with Crippen molar-refractivity contribution in [3.8, 4) is 0 Å². The molecule has 48 heavy (non-hydrogen) atoms. The SMILES string of the molecule is CCC=CCC=CCC=CCC=CCC=CCCCC(=O)O.CCC=CCC=CCC=CCC=CCC=CCCCC(=O)O.NCCN. The predicted molar refractivity (Wildman–Crippen MR) is 210 cm³/mol. The smallest absolute Gasteiger partial charge is 0.303 e. The van der Waals surface area contributed by atoms with Crippen molar-refractivity contribution in [2.45, 2.75) is 117 Å². The van der Waals surface area contributed by atoms with Crippen molar-refractivity contribution in [2.24, 2.45) is 11.5 Å². The minimum Gasteiger partial charge on any atom is -0.481 e. The number of rotatable bonds is 27. The summed E-state index contributed by atoms with van der Waals surface area (Å²) in [5.41, 5.74) is 9.81. The van der Waals surface area contributed by atoms with Crippen molar-refractivity contribution in [3.05, 3.63) is 122 Å². The van der Waals surface area contributed by atoms with Gasteiger partial charge in [-0.15, -0.1) is 0 Å². The highest BCUT2D eigenvalue weighted by Crippen LogP contribution is 2.00. The van der Waals surface area contributed by atoms with Gasteiger partial charge in [-0.3, -0.25) is 9.59 Å². The summed E-state index contributed by atoms with van der Waals surface area (Å²) in [6, 6.07) is 0. The lowest BCUT2D eigenvalue weighted by Gasteiger charge is -1.89. The van der Waals surface area contributed by atoms with Gasteiger partial charge in [0.15, 0.2) is 0 Å². The Balaban J connectivity index is -0.000000758. The molecule has 0 aromatic heterocycles. The molecular weight excluding hydrogens is 596 g/mol. The molecule has 0 aliphatic heterocycles. The first-order valence-electron chi connectivity index (χ1n) is 17.8. The molecule has 0 atom stereocenters. The van der Waals surface area contributed by atoms with Crippen LogP contribution in [0, 0.1) is 0 Å². The Hall–Kier alpha value is -3.74. The molecule has 0 fully saturated rings.